The first-order valence-corrected chi connectivity index (χ1v) is 10.1. The maximum Gasteiger partial charge on any atom is 0.234 e. The second-order valence-corrected chi connectivity index (χ2v) is 7.24. The number of benzene rings is 1. The van der Waals surface area contributed by atoms with Crippen LogP contribution < -0.4 is 5.32 Å². The van der Waals surface area contributed by atoms with Gasteiger partial charge in [0, 0.05) is 12.2 Å². The average Bonchev–Trinajstić information content (AvgIpc) is 3.35. The van der Waals surface area contributed by atoms with Gasteiger partial charge in [-0.15, -0.1) is 10.2 Å². The molecule has 142 valence electrons. The summed E-state index contributed by atoms with van der Waals surface area (Å²) >= 11 is 1.36. The lowest BCUT2D eigenvalue weighted by Gasteiger charge is -2.10. The third kappa shape index (κ3) is 4.60. The zero-order valence-corrected chi connectivity index (χ0v) is 16.6. The molecule has 3 aromatic rings. The van der Waals surface area contributed by atoms with Crippen molar-refractivity contribution in [2.45, 2.75) is 44.8 Å². The second-order valence-electron chi connectivity index (χ2n) is 6.30. The molecule has 0 fully saturated rings. The number of anilines is 1. The minimum atomic E-state index is -0.0681. The smallest absolute Gasteiger partial charge is 0.234 e. The zero-order chi connectivity index (χ0) is 19.2. The molecular formula is C20H24N4O2S. The van der Waals surface area contributed by atoms with Crippen LogP contribution in [0.5, 0.6) is 0 Å². The van der Waals surface area contributed by atoms with Crippen molar-refractivity contribution in [1.29, 1.82) is 0 Å². The fraction of sp³-hybridized carbons (Fsp3) is 0.350. The number of nitrogens with zero attached hydrogens (tertiary/aromatic N) is 3. The summed E-state index contributed by atoms with van der Waals surface area (Å²) in [6.07, 6.45) is 2.71. The minimum absolute atomic E-state index is 0.0681. The lowest BCUT2D eigenvalue weighted by molar-refractivity contribution is -0.113. The van der Waals surface area contributed by atoms with E-state index in [9.17, 15) is 4.79 Å². The highest BCUT2D eigenvalue weighted by molar-refractivity contribution is 7.99. The van der Waals surface area contributed by atoms with Crippen LogP contribution in [0, 0.1) is 0 Å². The van der Waals surface area contributed by atoms with Crippen molar-refractivity contribution in [3.05, 3.63) is 48.2 Å². The number of aromatic nitrogens is 3. The molecule has 0 spiro atoms. The van der Waals surface area contributed by atoms with Crippen LogP contribution >= 0.6 is 11.8 Å². The summed E-state index contributed by atoms with van der Waals surface area (Å²) in [5.74, 6) is 2.06. The Hall–Kier alpha value is -2.54. The molecule has 1 atom stereocenters. The highest BCUT2D eigenvalue weighted by Gasteiger charge is 2.16. The number of carbonyl (C=O) groups is 1. The van der Waals surface area contributed by atoms with Crippen molar-refractivity contribution in [3.63, 3.8) is 0 Å². The van der Waals surface area contributed by atoms with Gasteiger partial charge in [-0.25, -0.2) is 0 Å². The maximum absolute atomic E-state index is 12.3. The van der Waals surface area contributed by atoms with Gasteiger partial charge < -0.3 is 9.73 Å². The number of hydrogen-bond acceptors (Lipinski definition) is 5. The van der Waals surface area contributed by atoms with Crippen LogP contribution in [0.4, 0.5) is 5.69 Å². The van der Waals surface area contributed by atoms with Crippen LogP contribution in [0.1, 0.15) is 38.7 Å². The lowest BCUT2D eigenvalue weighted by Crippen LogP contribution is -2.14. The molecule has 0 aliphatic heterocycles. The number of amides is 1. The Morgan fingerprint density at radius 1 is 1.22 bits per heavy atom. The fourth-order valence-corrected chi connectivity index (χ4v) is 3.53. The van der Waals surface area contributed by atoms with Gasteiger partial charge >= 0.3 is 0 Å². The van der Waals surface area contributed by atoms with E-state index in [1.54, 1.807) is 6.26 Å². The van der Waals surface area contributed by atoms with E-state index in [1.165, 1.54) is 17.3 Å². The molecular weight excluding hydrogens is 360 g/mol. The highest BCUT2D eigenvalue weighted by Crippen LogP contribution is 2.25. The number of furan rings is 1. The van der Waals surface area contributed by atoms with E-state index in [2.05, 4.69) is 41.5 Å². The molecule has 0 bridgehead atoms. The topological polar surface area (TPSA) is 73.0 Å². The van der Waals surface area contributed by atoms with Crippen molar-refractivity contribution in [3.8, 4) is 11.6 Å². The van der Waals surface area contributed by atoms with E-state index in [0.29, 0.717) is 29.2 Å². The van der Waals surface area contributed by atoms with Crippen LogP contribution in [-0.2, 0) is 11.3 Å². The molecule has 1 amide bonds. The average molecular weight is 385 g/mol. The largest absolute Gasteiger partial charge is 0.461 e. The van der Waals surface area contributed by atoms with Crippen molar-refractivity contribution in [1.82, 2.24) is 14.8 Å². The van der Waals surface area contributed by atoms with E-state index >= 15 is 0 Å². The predicted molar refractivity (Wildman–Crippen MR) is 108 cm³/mol. The van der Waals surface area contributed by atoms with Gasteiger partial charge in [0.15, 0.2) is 16.7 Å². The Morgan fingerprint density at radius 3 is 2.63 bits per heavy atom. The highest BCUT2D eigenvalue weighted by atomic mass is 32.2. The summed E-state index contributed by atoms with van der Waals surface area (Å²) in [6.45, 7) is 7.08. The Kier molecular flexibility index (Phi) is 6.34. The van der Waals surface area contributed by atoms with Crippen LogP contribution in [0.15, 0.2) is 52.2 Å². The molecule has 6 nitrogen and oxygen atoms in total. The van der Waals surface area contributed by atoms with Gasteiger partial charge in [0.25, 0.3) is 0 Å². The Bertz CT molecular complexity index is 872. The van der Waals surface area contributed by atoms with Crippen molar-refractivity contribution in [2.75, 3.05) is 11.1 Å². The SMILES string of the molecule is CCC(C)c1ccc(NC(=O)CSc2nnc(-c3ccco3)n2CC)cc1. The first kappa shape index (κ1) is 19.2. The number of hydrogen-bond donors (Lipinski definition) is 1. The number of nitrogens with one attached hydrogen (secondary N) is 1. The van der Waals surface area contributed by atoms with E-state index in [4.69, 9.17) is 4.42 Å². The Morgan fingerprint density at radius 2 is 2.00 bits per heavy atom. The standard InChI is InChI=1S/C20H24N4O2S/c1-4-14(3)15-8-10-16(11-9-15)21-18(25)13-27-20-23-22-19(24(20)5-2)17-7-6-12-26-17/h6-12,14H,4-5,13H2,1-3H3,(H,21,25). The van der Waals surface area contributed by atoms with E-state index in [-0.39, 0.29) is 11.7 Å². The van der Waals surface area contributed by atoms with Gasteiger partial charge in [-0.3, -0.25) is 9.36 Å². The molecule has 0 saturated heterocycles. The van der Waals surface area contributed by atoms with E-state index in [1.807, 2.05) is 35.8 Å². The first-order valence-electron chi connectivity index (χ1n) is 9.12. The molecule has 0 radical (unpaired) electrons. The fourth-order valence-electron chi connectivity index (χ4n) is 2.73. The summed E-state index contributed by atoms with van der Waals surface area (Å²) in [5, 5.41) is 12.0. The molecule has 0 aliphatic rings. The molecule has 2 heterocycles. The molecule has 27 heavy (non-hydrogen) atoms. The molecule has 0 aliphatic carbocycles. The van der Waals surface area contributed by atoms with Crippen molar-refractivity contribution >= 4 is 23.4 Å². The third-order valence-corrected chi connectivity index (χ3v) is 5.45. The van der Waals surface area contributed by atoms with Crippen LogP contribution in [0.25, 0.3) is 11.6 Å². The molecule has 1 N–H and O–H groups in total. The predicted octanol–water partition coefficient (Wildman–Crippen LogP) is 4.80. The summed E-state index contributed by atoms with van der Waals surface area (Å²) in [5.41, 5.74) is 2.09. The monoisotopic (exact) mass is 384 g/mol. The summed E-state index contributed by atoms with van der Waals surface area (Å²) < 4.78 is 7.34. The first-order chi connectivity index (χ1) is 13.1. The maximum atomic E-state index is 12.3. The summed E-state index contributed by atoms with van der Waals surface area (Å²) in [7, 11) is 0. The molecule has 7 heteroatoms. The van der Waals surface area contributed by atoms with E-state index < -0.39 is 0 Å². The quantitative estimate of drug-likeness (QED) is 0.565. The normalized spacial score (nSPS) is 12.1. The molecule has 0 saturated carbocycles. The summed E-state index contributed by atoms with van der Waals surface area (Å²) in [6, 6.07) is 11.7. The van der Waals surface area contributed by atoms with Crippen LogP contribution in [-0.4, -0.2) is 26.4 Å². The van der Waals surface area contributed by atoms with Gasteiger partial charge in [-0.05, 0) is 49.1 Å². The Balaban J connectivity index is 1.59. The summed E-state index contributed by atoms with van der Waals surface area (Å²) in [4.78, 5) is 12.3. The van der Waals surface area contributed by atoms with Gasteiger partial charge in [-0.2, -0.15) is 0 Å². The number of carbonyl (C=O) groups excluding carboxylic acids is 1. The van der Waals surface area contributed by atoms with Gasteiger partial charge in [0.05, 0.1) is 12.0 Å². The van der Waals surface area contributed by atoms with Gasteiger partial charge in [0.2, 0.25) is 5.91 Å². The zero-order valence-electron chi connectivity index (χ0n) is 15.8. The molecule has 1 unspecified atom stereocenters. The van der Waals surface area contributed by atoms with Crippen molar-refractivity contribution < 1.29 is 9.21 Å². The van der Waals surface area contributed by atoms with Gasteiger partial charge in [0.1, 0.15) is 0 Å². The number of thioether (sulfide) groups is 1. The molecule has 3 rings (SSSR count). The number of rotatable bonds is 8. The third-order valence-electron chi connectivity index (χ3n) is 4.48. The van der Waals surface area contributed by atoms with E-state index in [0.717, 1.165) is 12.1 Å². The van der Waals surface area contributed by atoms with Gasteiger partial charge in [-0.1, -0.05) is 37.7 Å². The second kappa shape index (κ2) is 8.90. The minimum Gasteiger partial charge on any atom is -0.461 e. The van der Waals surface area contributed by atoms with Crippen LogP contribution in [0.2, 0.25) is 0 Å². The van der Waals surface area contributed by atoms with Crippen LogP contribution in [0.3, 0.4) is 0 Å². The Labute approximate surface area is 163 Å². The molecule has 1 aromatic carbocycles. The lowest BCUT2D eigenvalue weighted by atomic mass is 9.99. The molecule has 2 aromatic heterocycles. The van der Waals surface area contributed by atoms with Crippen molar-refractivity contribution in [2.24, 2.45) is 0 Å².